The molecule has 0 saturated carbocycles. The van der Waals surface area contributed by atoms with E-state index in [0.717, 1.165) is 13.1 Å². The van der Waals surface area contributed by atoms with Crippen LogP contribution in [0.3, 0.4) is 0 Å². The summed E-state index contributed by atoms with van der Waals surface area (Å²) in [6.45, 7) is 8.43. The number of hydrogen-bond donors (Lipinski definition) is 0. The van der Waals surface area contributed by atoms with Crippen LogP contribution in [0.15, 0.2) is 23.8 Å². The fraction of sp³-hybridized carbons (Fsp3) is 0.545. The molecular formula is C11H17N3. The topological polar surface area (TPSA) is 39.6 Å². The van der Waals surface area contributed by atoms with Crippen LogP contribution in [-0.4, -0.2) is 34.5 Å². The third-order valence-electron chi connectivity index (χ3n) is 2.61. The minimum atomic E-state index is 0.357. The number of nitrogens with zero attached hydrogens (tertiary/aromatic N) is 3. The number of hydrogen-bond acceptors (Lipinski definition) is 1. The van der Waals surface area contributed by atoms with Crippen LogP contribution in [0, 0.1) is 0 Å². The van der Waals surface area contributed by atoms with E-state index in [1.807, 2.05) is 12.2 Å². The molecule has 0 heterocycles. The highest BCUT2D eigenvalue weighted by molar-refractivity contribution is 6.01. The first-order chi connectivity index (χ1) is 6.72. The van der Waals surface area contributed by atoms with Crippen molar-refractivity contribution >= 4 is 5.71 Å². The second-order valence-corrected chi connectivity index (χ2v) is 3.44. The van der Waals surface area contributed by atoms with Crippen molar-refractivity contribution in [2.75, 3.05) is 13.1 Å². The molecule has 0 aromatic carbocycles. The van der Waals surface area contributed by atoms with Gasteiger partial charge < -0.3 is 5.53 Å². The monoisotopic (exact) mass is 191 g/mol. The van der Waals surface area contributed by atoms with Crippen molar-refractivity contribution in [3.05, 3.63) is 29.3 Å². The van der Waals surface area contributed by atoms with Crippen molar-refractivity contribution in [3.63, 3.8) is 0 Å². The Morgan fingerprint density at radius 2 is 2.07 bits per heavy atom. The van der Waals surface area contributed by atoms with Gasteiger partial charge in [-0.3, -0.25) is 4.90 Å². The molecule has 14 heavy (non-hydrogen) atoms. The van der Waals surface area contributed by atoms with Crippen LogP contribution in [0.5, 0.6) is 0 Å². The van der Waals surface area contributed by atoms with Gasteiger partial charge in [0.25, 0.3) is 0 Å². The highest BCUT2D eigenvalue weighted by atomic mass is 15.1. The Hall–Kier alpha value is -1.18. The third-order valence-corrected chi connectivity index (χ3v) is 2.61. The standard InChI is InChI=1S/C11H17N3/c1-4-14(5-2)11-7-6-10(13-12)8-9(11)3/h6-8,11H,4-5H2,1-3H3. The van der Waals surface area contributed by atoms with E-state index in [2.05, 4.69) is 36.5 Å². The second-order valence-electron chi connectivity index (χ2n) is 3.44. The highest BCUT2D eigenvalue weighted by Gasteiger charge is 2.19. The van der Waals surface area contributed by atoms with Crippen molar-refractivity contribution in [2.24, 2.45) is 0 Å². The Balaban J connectivity index is 2.85. The van der Waals surface area contributed by atoms with Crippen molar-refractivity contribution in [1.82, 2.24) is 4.90 Å². The van der Waals surface area contributed by atoms with E-state index in [0.29, 0.717) is 11.8 Å². The molecule has 0 bridgehead atoms. The van der Waals surface area contributed by atoms with Crippen LogP contribution in [0.2, 0.25) is 0 Å². The van der Waals surface area contributed by atoms with E-state index in [4.69, 9.17) is 5.53 Å². The predicted molar refractivity (Wildman–Crippen MR) is 58.2 cm³/mol. The molecule has 3 heteroatoms. The summed E-state index contributed by atoms with van der Waals surface area (Å²) >= 11 is 0. The molecule has 1 atom stereocenters. The fourth-order valence-electron chi connectivity index (χ4n) is 1.80. The van der Waals surface area contributed by atoms with Crippen LogP contribution in [-0.2, 0) is 0 Å². The van der Waals surface area contributed by atoms with Gasteiger partial charge in [0.2, 0.25) is 0 Å². The quantitative estimate of drug-likeness (QED) is 0.496. The Morgan fingerprint density at radius 3 is 2.50 bits per heavy atom. The number of likely N-dealkylation sites (N-methyl/N-ethyl adjacent to an activating group) is 1. The van der Waals surface area contributed by atoms with Crippen LogP contribution < -0.4 is 0 Å². The zero-order valence-corrected chi connectivity index (χ0v) is 9.07. The first-order valence-electron chi connectivity index (χ1n) is 5.05. The number of rotatable bonds is 3. The maximum Gasteiger partial charge on any atom is 0.315 e. The molecule has 1 aliphatic rings. The maximum absolute atomic E-state index is 8.63. The van der Waals surface area contributed by atoms with Crippen LogP contribution in [0.4, 0.5) is 0 Å². The molecule has 0 aromatic rings. The Kier molecular flexibility index (Phi) is 3.81. The van der Waals surface area contributed by atoms with Gasteiger partial charge in [0.05, 0.1) is 0 Å². The largest absolute Gasteiger partial charge is 0.361 e. The average molecular weight is 191 g/mol. The maximum atomic E-state index is 8.63. The Bertz CT molecular complexity index is 304. The summed E-state index contributed by atoms with van der Waals surface area (Å²) in [5.74, 6) is 0. The molecule has 0 spiro atoms. The summed E-state index contributed by atoms with van der Waals surface area (Å²) < 4.78 is 0. The van der Waals surface area contributed by atoms with E-state index in [1.54, 1.807) is 0 Å². The molecule has 1 aliphatic carbocycles. The molecule has 0 saturated heterocycles. The Morgan fingerprint density at radius 1 is 1.43 bits per heavy atom. The lowest BCUT2D eigenvalue weighted by atomic mass is 9.99. The van der Waals surface area contributed by atoms with E-state index >= 15 is 0 Å². The smallest absolute Gasteiger partial charge is 0.315 e. The molecule has 0 fully saturated rings. The molecular weight excluding hydrogens is 174 g/mol. The van der Waals surface area contributed by atoms with E-state index in [9.17, 15) is 0 Å². The van der Waals surface area contributed by atoms with E-state index in [1.165, 1.54) is 5.57 Å². The van der Waals surface area contributed by atoms with Gasteiger partial charge >= 0.3 is 5.71 Å². The lowest BCUT2D eigenvalue weighted by Gasteiger charge is -2.28. The average Bonchev–Trinajstić information content (AvgIpc) is 2.22. The third kappa shape index (κ3) is 2.19. The zero-order valence-electron chi connectivity index (χ0n) is 9.07. The molecule has 3 nitrogen and oxygen atoms in total. The minimum Gasteiger partial charge on any atom is -0.361 e. The van der Waals surface area contributed by atoms with Gasteiger partial charge in [-0.15, -0.1) is 0 Å². The lowest BCUT2D eigenvalue weighted by molar-refractivity contribution is -0.00182. The SMILES string of the molecule is CCN(CC)C1C=CC(=[N+]=[N-])C=C1C. The van der Waals surface area contributed by atoms with Crippen LogP contribution in [0.25, 0.3) is 5.53 Å². The molecule has 0 N–H and O–H groups in total. The van der Waals surface area contributed by atoms with Crippen molar-refractivity contribution in [2.45, 2.75) is 26.8 Å². The summed E-state index contributed by atoms with van der Waals surface area (Å²) in [4.78, 5) is 5.54. The molecule has 76 valence electrons. The van der Waals surface area contributed by atoms with E-state index < -0.39 is 0 Å². The molecule has 0 amide bonds. The van der Waals surface area contributed by atoms with Crippen molar-refractivity contribution < 1.29 is 4.79 Å². The molecule has 0 radical (unpaired) electrons. The summed E-state index contributed by atoms with van der Waals surface area (Å²) in [5, 5.41) is 0. The number of allylic oxidation sites excluding steroid dienone is 2. The zero-order chi connectivity index (χ0) is 10.6. The van der Waals surface area contributed by atoms with Crippen molar-refractivity contribution in [3.8, 4) is 0 Å². The van der Waals surface area contributed by atoms with Gasteiger partial charge in [-0.1, -0.05) is 19.9 Å². The van der Waals surface area contributed by atoms with E-state index in [-0.39, 0.29) is 0 Å². The Labute approximate surface area is 85.3 Å². The van der Waals surface area contributed by atoms with Gasteiger partial charge in [0.15, 0.2) is 0 Å². The van der Waals surface area contributed by atoms with Gasteiger partial charge in [-0.2, -0.15) is 4.79 Å². The summed E-state index contributed by atoms with van der Waals surface area (Å²) in [6.07, 6.45) is 5.86. The van der Waals surface area contributed by atoms with Gasteiger partial charge in [-0.25, -0.2) is 0 Å². The molecule has 0 aromatic heterocycles. The minimum absolute atomic E-state index is 0.357. The van der Waals surface area contributed by atoms with Gasteiger partial charge in [0.1, 0.15) is 0 Å². The van der Waals surface area contributed by atoms with Crippen LogP contribution in [0.1, 0.15) is 20.8 Å². The summed E-state index contributed by atoms with van der Waals surface area (Å²) in [6, 6.07) is 0.357. The van der Waals surface area contributed by atoms with Crippen LogP contribution >= 0.6 is 0 Å². The molecule has 1 unspecified atom stereocenters. The summed E-state index contributed by atoms with van der Waals surface area (Å²) in [7, 11) is 0. The van der Waals surface area contributed by atoms with Gasteiger partial charge in [-0.05, 0) is 25.6 Å². The predicted octanol–water partition coefficient (Wildman–Crippen LogP) is 1.88. The molecule has 1 rings (SSSR count). The van der Waals surface area contributed by atoms with Gasteiger partial charge in [0, 0.05) is 18.2 Å². The lowest BCUT2D eigenvalue weighted by Crippen LogP contribution is -2.35. The normalized spacial score (nSPS) is 21.0. The molecule has 0 aliphatic heterocycles. The summed E-state index contributed by atoms with van der Waals surface area (Å²) in [5.41, 5.74) is 10.5. The highest BCUT2D eigenvalue weighted by Crippen LogP contribution is 2.15. The second kappa shape index (κ2) is 4.89. The first-order valence-corrected chi connectivity index (χ1v) is 5.05. The first kappa shape index (κ1) is 10.9. The fourth-order valence-corrected chi connectivity index (χ4v) is 1.80. The van der Waals surface area contributed by atoms with Crippen molar-refractivity contribution in [1.29, 1.82) is 0 Å².